The Kier molecular flexibility index (Phi) is 3.00. The molecule has 82 valence electrons. The van der Waals surface area contributed by atoms with Gasteiger partial charge in [0, 0.05) is 11.5 Å². The van der Waals surface area contributed by atoms with E-state index in [0.29, 0.717) is 11.0 Å². The maximum Gasteiger partial charge on any atom is 0.296 e. The Bertz CT molecular complexity index is 562. The number of allylic oxidation sites excluding steroid dienone is 1. The van der Waals surface area contributed by atoms with Gasteiger partial charge in [-0.25, -0.2) is 4.98 Å². The van der Waals surface area contributed by atoms with Gasteiger partial charge in [0.1, 0.15) is 5.65 Å². The van der Waals surface area contributed by atoms with Crippen molar-refractivity contribution in [3.8, 4) is 0 Å². The highest BCUT2D eigenvalue weighted by molar-refractivity contribution is 9.09. The number of hydrogen-bond acceptors (Lipinski definition) is 3. The first kappa shape index (κ1) is 10.8. The number of rotatable bonds is 3. The van der Waals surface area contributed by atoms with Crippen LogP contribution in [0.3, 0.4) is 0 Å². The minimum Gasteiger partial charge on any atom is -0.340 e. The van der Waals surface area contributed by atoms with Crippen molar-refractivity contribution < 1.29 is 4.92 Å². The molecule has 0 saturated heterocycles. The van der Waals surface area contributed by atoms with Gasteiger partial charge >= 0.3 is 0 Å². The number of nitrogens with one attached hydrogen (secondary N) is 1. The van der Waals surface area contributed by atoms with Crippen molar-refractivity contribution in [2.45, 2.75) is 0 Å². The van der Waals surface area contributed by atoms with E-state index in [0.717, 1.165) is 10.9 Å². The Balaban J connectivity index is 2.54. The largest absolute Gasteiger partial charge is 0.340 e. The predicted molar refractivity (Wildman–Crippen MR) is 65.6 cm³/mol. The molecule has 0 atom stereocenters. The van der Waals surface area contributed by atoms with E-state index in [2.05, 4.69) is 25.9 Å². The van der Waals surface area contributed by atoms with Crippen LogP contribution in [-0.2, 0) is 0 Å². The lowest BCUT2D eigenvalue weighted by atomic mass is 10.2. The van der Waals surface area contributed by atoms with E-state index >= 15 is 0 Å². The molecule has 6 heteroatoms. The molecule has 0 spiro atoms. The topological polar surface area (TPSA) is 71.8 Å². The first-order chi connectivity index (χ1) is 7.72. The Morgan fingerprint density at radius 2 is 2.44 bits per heavy atom. The van der Waals surface area contributed by atoms with Gasteiger partial charge in [-0.05, 0) is 11.6 Å². The Morgan fingerprint density at radius 1 is 1.62 bits per heavy atom. The van der Waals surface area contributed by atoms with Crippen molar-refractivity contribution in [1.29, 1.82) is 0 Å². The van der Waals surface area contributed by atoms with Crippen molar-refractivity contribution in [2.75, 3.05) is 5.33 Å². The summed E-state index contributed by atoms with van der Waals surface area (Å²) in [7, 11) is 0. The van der Waals surface area contributed by atoms with Gasteiger partial charge in [0.2, 0.25) is 0 Å². The molecule has 0 aliphatic heterocycles. The third-order valence-electron chi connectivity index (χ3n) is 2.13. The standard InChI is InChI=1S/C10H8BrN3O2/c11-3-1-2-7-4-8-9(14(15)16)6-13-10(8)12-5-7/h1-2,4-6H,3H2,(H,12,13). The van der Waals surface area contributed by atoms with Gasteiger partial charge in [-0.3, -0.25) is 10.1 Å². The number of alkyl halides is 1. The predicted octanol–water partition coefficient (Wildman–Crippen LogP) is 2.88. The summed E-state index contributed by atoms with van der Waals surface area (Å²) in [4.78, 5) is 17.2. The SMILES string of the molecule is O=[N+]([O-])c1c[nH]c2ncc(C=CCBr)cc12. The highest BCUT2D eigenvalue weighted by atomic mass is 79.9. The van der Waals surface area contributed by atoms with Crippen molar-refractivity contribution >= 4 is 38.7 Å². The smallest absolute Gasteiger partial charge is 0.296 e. The van der Waals surface area contributed by atoms with Crippen molar-refractivity contribution in [3.05, 3.63) is 40.2 Å². The highest BCUT2D eigenvalue weighted by Crippen LogP contribution is 2.24. The summed E-state index contributed by atoms with van der Waals surface area (Å²) in [5, 5.41) is 12.0. The third kappa shape index (κ3) is 1.96. The van der Waals surface area contributed by atoms with Gasteiger partial charge in [0.15, 0.2) is 0 Å². The van der Waals surface area contributed by atoms with Crippen LogP contribution in [0.1, 0.15) is 5.56 Å². The van der Waals surface area contributed by atoms with Crippen LogP contribution in [0.5, 0.6) is 0 Å². The fourth-order valence-corrected chi connectivity index (χ4v) is 1.62. The molecule has 0 unspecified atom stereocenters. The molecule has 1 N–H and O–H groups in total. The maximum atomic E-state index is 10.7. The molecule has 5 nitrogen and oxygen atoms in total. The quantitative estimate of drug-likeness (QED) is 0.534. The molecule has 0 bridgehead atoms. The van der Waals surface area contributed by atoms with E-state index < -0.39 is 4.92 Å². The van der Waals surface area contributed by atoms with Gasteiger partial charge in [-0.1, -0.05) is 28.1 Å². The molecule has 2 aromatic rings. The maximum absolute atomic E-state index is 10.7. The molecule has 0 fully saturated rings. The van der Waals surface area contributed by atoms with Gasteiger partial charge in [-0.15, -0.1) is 0 Å². The number of pyridine rings is 1. The molecule has 0 aliphatic rings. The second-order valence-electron chi connectivity index (χ2n) is 3.15. The van der Waals surface area contributed by atoms with Crippen LogP contribution in [0, 0.1) is 10.1 Å². The molecule has 2 rings (SSSR count). The number of H-pyrrole nitrogens is 1. The minimum absolute atomic E-state index is 0.0524. The van der Waals surface area contributed by atoms with E-state index in [9.17, 15) is 10.1 Å². The van der Waals surface area contributed by atoms with E-state index in [1.165, 1.54) is 6.20 Å². The summed E-state index contributed by atoms with van der Waals surface area (Å²) in [6.07, 6.45) is 6.79. The highest BCUT2D eigenvalue weighted by Gasteiger charge is 2.14. The number of halogens is 1. The Labute approximate surface area is 99.5 Å². The molecular formula is C10H8BrN3O2. The molecule has 0 radical (unpaired) electrons. The lowest BCUT2D eigenvalue weighted by molar-refractivity contribution is -0.383. The fourth-order valence-electron chi connectivity index (χ4n) is 1.43. The van der Waals surface area contributed by atoms with Crippen molar-refractivity contribution in [3.63, 3.8) is 0 Å². The van der Waals surface area contributed by atoms with Gasteiger partial charge < -0.3 is 4.98 Å². The van der Waals surface area contributed by atoms with Gasteiger partial charge in [-0.2, -0.15) is 0 Å². The summed E-state index contributed by atoms with van der Waals surface area (Å²) < 4.78 is 0. The lowest BCUT2D eigenvalue weighted by Crippen LogP contribution is -1.86. The zero-order chi connectivity index (χ0) is 11.5. The number of hydrogen-bond donors (Lipinski definition) is 1. The average molecular weight is 282 g/mol. The monoisotopic (exact) mass is 281 g/mol. The number of nitrogens with zero attached hydrogens (tertiary/aromatic N) is 2. The van der Waals surface area contributed by atoms with E-state index in [1.807, 2.05) is 12.2 Å². The number of aromatic nitrogens is 2. The molecule has 0 amide bonds. The molecule has 16 heavy (non-hydrogen) atoms. The van der Waals surface area contributed by atoms with Crippen molar-refractivity contribution in [1.82, 2.24) is 9.97 Å². The minimum atomic E-state index is -0.418. The van der Waals surface area contributed by atoms with Crippen LogP contribution in [0.2, 0.25) is 0 Å². The lowest BCUT2D eigenvalue weighted by Gasteiger charge is -1.93. The van der Waals surface area contributed by atoms with Crippen LogP contribution >= 0.6 is 15.9 Å². The molecular weight excluding hydrogens is 274 g/mol. The van der Waals surface area contributed by atoms with Crippen LogP contribution in [0.25, 0.3) is 17.1 Å². The second kappa shape index (κ2) is 4.44. The van der Waals surface area contributed by atoms with Gasteiger partial charge in [0.05, 0.1) is 16.5 Å². The molecule has 0 saturated carbocycles. The fraction of sp³-hybridized carbons (Fsp3) is 0.100. The van der Waals surface area contributed by atoms with Crippen LogP contribution in [-0.4, -0.2) is 20.2 Å². The number of nitro groups is 1. The molecule has 2 heterocycles. The van der Waals surface area contributed by atoms with E-state index in [-0.39, 0.29) is 5.69 Å². The normalized spacial score (nSPS) is 11.3. The van der Waals surface area contributed by atoms with Crippen LogP contribution in [0.4, 0.5) is 5.69 Å². The molecule has 0 aromatic carbocycles. The number of fused-ring (bicyclic) bond motifs is 1. The van der Waals surface area contributed by atoms with E-state index in [1.54, 1.807) is 12.3 Å². The summed E-state index contributed by atoms with van der Waals surface area (Å²) in [5.74, 6) is 0. The molecule has 2 aromatic heterocycles. The second-order valence-corrected chi connectivity index (χ2v) is 3.80. The summed E-state index contributed by atoms with van der Waals surface area (Å²) >= 11 is 3.27. The molecule has 0 aliphatic carbocycles. The van der Waals surface area contributed by atoms with Crippen LogP contribution in [0.15, 0.2) is 24.5 Å². The Hall–Kier alpha value is -1.69. The summed E-state index contributed by atoms with van der Waals surface area (Å²) in [6.45, 7) is 0. The zero-order valence-corrected chi connectivity index (χ0v) is 9.77. The summed E-state index contributed by atoms with van der Waals surface area (Å²) in [6, 6.07) is 1.75. The van der Waals surface area contributed by atoms with E-state index in [4.69, 9.17) is 0 Å². The van der Waals surface area contributed by atoms with Crippen molar-refractivity contribution in [2.24, 2.45) is 0 Å². The summed E-state index contributed by atoms with van der Waals surface area (Å²) in [5.41, 5.74) is 1.42. The Morgan fingerprint density at radius 3 is 3.12 bits per heavy atom. The first-order valence-electron chi connectivity index (χ1n) is 4.56. The first-order valence-corrected chi connectivity index (χ1v) is 5.68. The average Bonchev–Trinajstić information content (AvgIpc) is 2.69. The van der Waals surface area contributed by atoms with Gasteiger partial charge in [0.25, 0.3) is 5.69 Å². The number of aromatic amines is 1. The van der Waals surface area contributed by atoms with Crippen LogP contribution < -0.4 is 0 Å². The zero-order valence-electron chi connectivity index (χ0n) is 8.18. The third-order valence-corrected chi connectivity index (χ3v) is 2.50.